The van der Waals surface area contributed by atoms with E-state index in [2.05, 4.69) is 10.6 Å². The Hall–Kier alpha value is -1.50. The van der Waals surface area contributed by atoms with Crippen LogP contribution in [-0.2, 0) is 14.2 Å². The van der Waals surface area contributed by atoms with Gasteiger partial charge in [-0.25, -0.2) is 9.59 Å². The van der Waals surface area contributed by atoms with E-state index in [0.717, 1.165) is 0 Å². The van der Waals surface area contributed by atoms with E-state index in [1.54, 1.807) is 21.0 Å². The molecule has 0 rings (SSSR count). The number of alkyl carbamates (subject to hydrolysis) is 2. The highest BCUT2D eigenvalue weighted by atomic mass is 16.6. The summed E-state index contributed by atoms with van der Waals surface area (Å²) in [6.45, 7) is 4.89. The summed E-state index contributed by atoms with van der Waals surface area (Å²) in [5, 5.41) is 5.14. The molecule has 7 nitrogen and oxygen atoms in total. The lowest BCUT2D eigenvalue weighted by Crippen LogP contribution is -2.36. The Morgan fingerprint density at radius 1 is 1.06 bits per heavy atom. The van der Waals surface area contributed by atoms with Crippen molar-refractivity contribution in [2.75, 3.05) is 33.4 Å². The predicted molar refractivity (Wildman–Crippen MR) is 65.5 cm³/mol. The maximum atomic E-state index is 11.1. The molecule has 0 saturated heterocycles. The molecule has 0 aromatic carbocycles. The third-order valence-electron chi connectivity index (χ3n) is 2.09. The minimum atomic E-state index is -0.474. The van der Waals surface area contributed by atoms with Gasteiger partial charge in [0.25, 0.3) is 0 Å². The Labute approximate surface area is 107 Å². The zero-order valence-corrected chi connectivity index (χ0v) is 11.2. The summed E-state index contributed by atoms with van der Waals surface area (Å²) in [7, 11) is 1.54. The topological polar surface area (TPSA) is 85.9 Å². The van der Waals surface area contributed by atoms with E-state index in [0.29, 0.717) is 32.7 Å². The minimum Gasteiger partial charge on any atom is -0.450 e. The van der Waals surface area contributed by atoms with Crippen LogP contribution in [0.15, 0.2) is 0 Å². The summed E-state index contributed by atoms with van der Waals surface area (Å²) in [6, 6.07) is 0. The van der Waals surface area contributed by atoms with Crippen LogP contribution in [0.4, 0.5) is 9.59 Å². The van der Waals surface area contributed by atoms with E-state index in [1.165, 1.54) is 0 Å². The monoisotopic (exact) mass is 262 g/mol. The maximum Gasteiger partial charge on any atom is 0.407 e. The normalized spacial score (nSPS) is 11.5. The number of ether oxygens (including phenoxy) is 3. The summed E-state index contributed by atoms with van der Waals surface area (Å²) in [6.07, 6.45) is -0.540. The van der Waals surface area contributed by atoms with Crippen molar-refractivity contribution in [1.29, 1.82) is 0 Å². The van der Waals surface area contributed by atoms with E-state index >= 15 is 0 Å². The summed E-state index contributed by atoms with van der Waals surface area (Å²) in [5.41, 5.74) is 0. The van der Waals surface area contributed by atoms with Crippen LogP contribution in [0.1, 0.15) is 20.3 Å². The van der Waals surface area contributed by atoms with Crippen molar-refractivity contribution in [3.63, 3.8) is 0 Å². The molecule has 0 aliphatic carbocycles. The van der Waals surface area contributed by atoms with Gasteiger partial charge in [-0.05, 0) is 20.3 Å². The molecular formula is C11H22N2O5. The van der Waals surface area contributed by atoms with Crippen LogP contribution in [0.5, 0.6) is 0 Å². The largest absolute Gasteiger partial charge is 0.450 e. The molecule has 0 aromatic rings. The fourth-order valence-corrected chi connectivity index (χ4v) is 1.20. The molecule has 0 aromatic heterocycles. The van der Waals surface area contributed by atoms with Crippen molar-refractivity contribution < 1.29 is 23.8 Å². The molecule has 7 heteroatoms. The highest BCUT2D eigenvalue weighted by Gasteiger charge is 2.10. The van der Waals surface area contributed by atoms with Crippen molar-refractivity contribution in [3.05, 3.63) is 0 Å². The number of hydrogen-bond acceptors (Lipinski definition) is 5. The van der Waals surface area contributed by atoms with Gasteiger partial charge in [0, 0.05) is 20.2 Å². The number of rotatable bonds is 8. The molecule has 0 heterocycles. The van der Waals surface area contributed by atoms with Crippen molar-refractivity contribution in [1.82, 2.24) is 10.6 Å². The highest BCUT2D eigenvalue weighted by Crippen LogP contribution is 1.95. The molecule has 106 valence electrons. The van der Waals surface area contributed by atoms with E-state index in [1.807, 2.05) is 0 Å². The molecule has 0 fully saturated rings. The van der Waals surface area contributed by atoms with E-state index < -0.39 is 12.2 Å². The van der Waals surface area contributed by atoms with Crippen molar-refractivity contribution in [3.8, 4) is 0 Å². The van der Waals surface area contributed by atoms with Crippen LogP contribution in [0.2, 0.25) is 0 Å². The molecular weight excluding hydrogens is 240 g/mol. The van der Waals surface area contributed by atoms with Gasteiger partial charge in [0.1, 0.15) is 0 Å². The first-order chi connectivity index (χ1) is 8.63. The smallest absolute Gasteiger partial charge is 0.407 e. The zero-order valence-electron chi connectivity index (χ0n) is 11.2. The number of carbonyl (C=O) groups is 2. The zero-order chi connectivity index (χ0) is 13.8. The van der Waals surface area contributed by atoms with Crippen LogP contribution < -0.4 is 10.6 Å². The van der Waals surface area contributed by atoms with Gasteiger partial charge in [-0.2, -0.15) is 0 Å². The van der Waals surface area contributed by atoms with Crippen LogP contribution in [0.3, 0.4) is 0 Å². The molecule has 0 saturated carbocycles. The summed E-state index contributed by atoms with van der Waals surface area (Å²) in [5.74, 6) is 0. The Kier molecular flexibility index (Phi) is 9.75. The van der Waals surface area contributed by atoms with Gasteiger partial charge in [-0.1, -0.05) is 0 Å². The minimum absolute atomic E-state index is 0.184. The molecule has 0 bridgehead atoms. The van der Waals surface area contributed by atoms with Gasteiger partial charge in [-0.15, -0.1) is 0 Å². The van der Waals surface area contributed by atoms with E-state index in [-0.39, 0.29) is 6.10 Å². The molecule has 18 heavy (non-hydrogen) atoms. The third kappa shape index (κ3) is 8.63. The van der Waals surface area contributed by atoms with Crippen LogP contribution in [-0.4, -0.2) is 51.7 Å². The Bertz CT molecular complexity index is 248. The first-order valence-corrected chi connectivity index (χ1v) is 5.98. The summed E-state index contributed by atoms with van der Waals surface area (Å²) >= 11 is 0. The molecule has 2 N–H and O–H groups in total. The lowest BCUT2D eigenvalue weighted by molar-refractivity contribution is 0.0878. The Balaban J connectivity index is 3.70. The first kappa shape index (κ1) is 16.5. The van der Waals surface area contributed by atoms with Crippen LogP contribution in [0.25, 0.3) is 0 Å². The van der Waals surface area contributed by atoms with Crippen molar-refractivity contribution in [2.45, 2.75) is 26.4 Å². The summed E-state index contributed by atoms with van der Waals surface area (Å²) < 4.78 is 14.6. The number of hydrogen-bond donors (Lipinski definition) is 2. The van der Waals surface area contributed by atoms with Crippen LogP contribution >= 0.6 is 0 Å². The second-order valence-corrected chi connectivity index (χ2v) is 3.40. The van der Waals surface area contributed by atoms with E-state index in [4.69, 9.17) is 14.2 Å². The van der Waals surface area contributed by atoms with E-state index in [9.17, 15) is 9.59 Å². The van der Waals surface area contributed by atoms with Crippen molar-refractivity contribution >= 4 is 12.2 Å². The van der Waals surface area contributed by atoms with Crippen LogP contribution in [0, 0.1) is 0 Å². The molecule has 0 radical (unpaired) electrons. The average Bonchev–Trinajstić information content (AvgIpc) is 2.34. The Morgan fingerprint density at radius 2 is 1.61 bits per heavy atom. The van der Waals surface area contributed by atoms with Gasteiger partial charge in [0.05, 0.1) is 19.3 Å². The second-order valence-electron chi connectivity index (χ2n) is 3.40. The number of methoxy groups -OCH3 is 1. The SMILES string of the molecule is CCOC(=O)NCC[C@@H](CNC(=O)OCC)OC. The number of amides is 2. The fraction of sp³-hybridized carbons (Fsp3) is 0.818. The first-order valence-electron chi connectivity index (χ1n) is 5.98. The van der Waals surface area contributed by atoms with Gasteiger partial charge >= 0.3 is 12.2 Å². The molecule has 0 aliphatic rings. The molecule has 2 amide bonds. The molecule has 0 aliphatic heterocycles. The van der Waals surface area contributed by atoms with Gasteiger partial charge in [0.2, 0.25) is 0 Å². The maximum absolute atomic E-state index is 11.1. The quantitative estimate of drug-likeness (QED) is 0.678. The highest BCUT2D eigenvalue weighted by molar-refractivity contribution is 5.67. The lowest BCUT2D eigenvalue weighted by atomic mass is 10.2. The average molecular weight is 262 g/mol. The lowest BCUT2D eigenvalue weighted by Gasteiger charge is -2.16. The molecule has 1 atom stereocenters. The molecule has 0 unspecified atom stereocenters. The number of carbonyl (C=O) groups excluding carboxylic acids is 2. The van der Waals surface area contributed by atoms with Crippen molar-refractivity contribution in [2.24, 2.45) is 0 Å². The third-order valence-corrected chi connectivity index (χ3v) is 2.09. The summed E-state index contributed by atoms with van der Waals surface area (Å²) in [4.78, 5) is 22.1. The Morgan fingerprint density at radius 3 is 2.11 bits per heavy atom. The fourth-order valence-electron chi connectivity index (χ4n) is 1.20. The van der Waals surface area contributed by atoms with Gasteiger partial charge in [-0.3, -0.25) is 0 Å². The predicted octanol–water partition coefficient (Wildman–Crippen LogP) is 0.884. The number of nitrogens with one attached hydrogen (secondary N) is 2. The van der Waals surface area contributed by atoms with Gasteiger partial charge in [0.15, 0.2) is 0 Å². The molecule has 0 spiro atoms. The second kappa shape index (κ2) is 10.6. The van der Waals surface area contributed by atoms with Gasteiger partial charge < -0.3 is 24.8 Å². The standard InChI is InChI=1S/C11H22N2O5/c1-4-17-10(14)12-7-6-9(16-3)8-13-11(15)18-5-2/h9H,4-8H2,1-3H3,(H,12,14)(H,13,15)/t9-/m0/s1.